The van der Waals surface area contributed by atoms with Gasteiger partial charge in [-0.05, 0) is 57.7 Å². The fourth-order valence-corrected chi connectivity index (χ4v) is 4.94. The molecule has 0 unspecified atom stereocenters. The van der Waals surface area contributed by atoms with Crippen LogP contribution in [0.1, 0.15) is 60.2 Å². The van der Waals surface area contributed by atoms with Crippen molar-refractivity contribution in [2.45, 2.75) is 71.9 Å². The Bertz CT molecular complexity index is 1290. The normalized spacial score (nSPS) is 16.5. The lowest BCUT2D eigenvalue weighted by atomic mass is 9.94. The molecule has 1 aliphatic heterocycles. The number of nitrogens with zero attached hydrogens (tertiary/aromatic N) is 4. The van der Waals surface area contributed by atoms with E-state index in [-0.39, 0.29) is 11.0 Å². The summed E-state index contributed by atoms with van der Waals surface area (Å²) in [7, 11) is -2.73. The Morgan fingerprint density at radius 2 is 1.89 bits per heavy atom. The molecule has 204 valence electrons. The van der Waals surface area contributed by atoms with Crippen LogP contribution >= 0.6 is 0 Å². The maximum absolute atomic E-state index is 13.0. The van der Waals surface area contributed by atoms with Gasteiger partial charge in [0, 0.05) is 44.0 Å². The summed E-state index contributed by atoms with van der Waals surface area (Å²) in [6, 6.07) is 5.41. The second-order valence-electron chi connectivity index (χ2n) is 11.5. The third-order valence-electron chi connectivity index (χ3n) is 6.15. The zero-order valence-corrected chi connectivity index (χ0v) is 23.7. The number of amides is 1. The Morgan fingerprint density at radius 1 is 1.24 bits per heavy atom. The van der Waals surface area contributed by atoms with Gasteiger partial charge in [-0.3, -0.25) is 9.10 Å². The van der Waals surface area contributed by atoms with Crippen LogP contribution < -0.4 is 15.4 Å². The predicted molar refractivity (Wildman–Crippen MR) is 148 cm³/mol. The third-order valence-corrected chi connectivity index (χ3v) is 7.42. The molecule has 1 aromatic carbocycles. The van der Waals surface area contributed by atoms with Crippen LogP contribution in [0, 0.1) is 5.92 Å². The molecule has 1 fully saturated rings. The van der Waals surface area contributed by atoms with Crippen LogP contribution in [0.5, 0.6) is 0 Å². The van der Waals surface area contributed by atoms with Gasteiger partial charge < -0.3 is 20.4 Å². The minimum absolute atomic E-state index is 0.0518. The molecule has 0 atom stereocenters. The molecule has 0 aliphatic carbocycles. The zero-order chi connectivity index (χ0) is 27.6. The van der Waals surface area contributed by atoms with E-state index in [2.05, 4.69) is 35.1 Å². The minimum Gasteiger partial charge on any atom is -0.404 e. The summed E-state index contributed by atoms with van der Waals surface area (Å²) >= 11 is 0. The van der Waals surface area contributed by atoms with Crippen molar-refractivity contribution in [3.63, 3.8) is 0 Å². The van der Waals surface area contributed by atoms with Crippen molar-refractivity contribution >= 4 is 39.1 Å². The lowest BCUT2D eigenvalue weighted by molar-refractivity contribution is -0.118. The maximum Gasteiger partial charge on any atom is 0.344 e. The summed E-state index contributed by atoms with van der Waals surface area (Å²) in [4.78, 5) is 17.3. The van der Waals surface area contributed by atoms with Gasteiger partial charge in [0.1, 0.15) is 5.82 Å². The summed E-state index contributed by atoms with van der Waals surface area (Å²) in [5, 5.41) is 2.73. The van der Waals surface area contributed by atoms with E-state index in [0.29, 0.717) is 17.1 Å². The maximum atomic E-state index is 13.0. The van der Waals surface area contributed by atoms with Crippen molar-refractivity contribution in [1.82, 2.24) is 14.9 Å². The number of rotatable bonds is 7. The largest absolute Gasteiger partial charge is 0.404 e. The molecule has 3 rings (SSSR count). The van der Waals surface area contributed by atoms with E-state index < -0.39 is 21.7 Å². The molecule has 1 amide bonds. The highest BCUT2D eigenvalue weighted by Crippen LogP contribution is 2.31. The number of imidazole rings is 1. The summed E-state index contributed by atoms with van der Waals surface area (Å²) in [5.41, 5.74) is 6.89. The summed E-state index contributed by atoms with van der Waals surface area (Å²) in [6.45, 7) is 14.2. The van der Waals surface area contributed by atoms with Crippen molar-refractivity contribution in [1.29, 1.82) is 0 Å². The zero-order valence-electron chi connectivity index (χ0n) is 22.9. The van der Waals surface area contributed by atoms with Crippen LogP contribution in [0.3, 0.4) is 0 Å². The lowest BCUT2D eigenvalue weighted by Gasteiger charge is -2.26. The lowest BCUT2D eigenvalue weighted by Crippen LogP contribution is -2.41. The van der Waals surface area contributed by atoms with Crippen molar-refractivity contribution < 1.29 is 17.9 Å². The van der Waals surface area contributed by atoms with Gasteiger partial charge in [-0.15, -0.1) is 0 Å². The second kappa shape index (κ2) is 10.8. The van der Waals surface area contributed by atoms with Gasteiger partial charge in [0.15, 0.2) is 0 Å². The first-order valence-corrected chi connectivity index (χ1v) is 13.9. The van der Waals surface area contributed by atoms with Gasteiger partial charge in [0.2, 0.25) is 0 Å². The molecule has 10 nitrogen and oxygen atoms in total. The monoisotopic (exact) mass is 532 g/mol. The highest BCUT2D eigenvalue weighted by atomic mass is 32.2. The van der Waals surface area contributed by atoms with Gasteiger partial charge in [-0.25, -0.2) is 4.98 Å². The van der Waals surface area contributed by atoms with Gasteiger partial charge in [-0.1, -0.05) is 20.8 Å². The Labute approximate surface area is 220 Å². The molecule has 2 heterocycles. The molecule has 0 radical (unpaired) electrons. The van der Waals surface area contributed by atoms with E-state index in [9.17, 15) is 13.2 Å². The number of nitrogens with one attached hydrogen (secondary N) is 1. The van der Waals surface area contributed by atoms with Crippen molar-refractivity contribution in [2.75, 3.05) is 24.6 Å². The highest BCUT2D eigenvalue weighted by molar-refractivity contribution is 7.91. The van der Waals surface area contributed by atoms with Crippen molar-refractivity contribution in [3.05, 3.63) is 35.8 Å². The fraction of sp³-hybridized carbons (Fsp3) is 0.577. The van der Waals surface area contributed by atoms with Crippen LogP contribution in [0.25, 0.3) is 11.0 Å². The molecule has 0 bridgehead atoms. The first-order chi connectivity index (χ1) is 17.1. The number of benzene rings is 1. The average molecular weight is 533 g/mol. The number of hydrogen-bond acceptors (Lipinski definition) is 6. The number of nitrogens with two attached hydrogens (primary N) is 1. The Morgan fingerprint density at radius 3 is 2.46 bits per heavy atom. The highest BCUT2D eigenvalue weighted by Gasteiger charge is 2.26. The minimum atomic E-state index is -4.14. The van der Waals surface area contributed by atoms with Crippen LogP contribution in [-0.4, -0.2) is 55.9 Å². The summed E-state index contributed by atoms with van der Waals surface area (Å²) < 4.78 is 38.5. The molecule has 0 spiro atoms. The topological polar surface area (TPSA) is 132 Å². The van der Waals surface area contributed by atoms with Crippen LogP contribution in [0.15, 0.2) is 34.4 Å². The fourth-order valence-electron chi connectivity index (χ4n) is 4.18. The molecular formula is C26H40N6O4S. The second-order valence-corrected chi connectivity index (χ2v) is 13.2. The van der Waals surface area contributed by atoms with E-state index in [1.54, 1.807) is 12.1 Å². The third kappa shape index (κ3) is 7.10. The van der Waals surface area contributed by atoms with Gasteiger partial charge in [-0.2, -0.15) is 12.8 Å². The number of ether oxygens (including phenoxy) is 1. The number of fused-ring (bicyclic) bond motifs is 1. The number of aromatic nitrogens is 2. The standard InChI is InChI=1S/C26H40N6O4S/c1-25(2,3)24-29-21-14-20(8-9-22(21)32(24)17-18-10-12-36-13-11-18)31(7)37(34,35)28-16-19(15-27)23(33)30-26(4,5)6/h8-9,14-16,18H,10-13,17,27H2,1-7H3,(H,30,33). The first-order valence-electron chi connectivity index (χ1n) is 12.5. The quantitative estimate of drug-likeness (QED) is 0.416. The molecule has 1 aromatic heterocycles. The SMILES string of the molecule is CN(c1ccc2c(c1)nc(C(C)(C)C)n2CC1CCOCC1)S(=O)(=O)N=CC(=CN)C(=O)NC(C)(C)C. The van der Waals surface area contributed by atoms with E-state index >= 15 is 0 Å². The predicted octanol–water partition coefficient (Wildman–Crippen LogP) is 3.27. The first kappa shape index (κ1) is 28.6. The molecule has 37 heavy (non-hydrogen) atoms. The molecule has 1 aliphatic rings. The number of anilines is 1. The van der Waals surface area contributed by atoms with Crippen LogP contribution in [-0.2, 0) is 31.7 Å². The average Bonchev–Trinajstić information content (AvgIpc) is 3.16. The smallest absolute Gasteiger partial charge is 0.344 e. The van der Waals surface area contributed by atoms with E-state index in [1.807, 2.05) is 26.8 Å². The number of carbonyl (C=O) groups excluding carboxylic acids is 1. The molecule has 2 aromatic rings. The van der Waals surface area contributed by atoms with E-state index in [4.69, 9.17) is 15.5 Å². The Hall–Kier alpha value is -2.92. The Balaban J connectivity index is 1.91. The van der Waals surface area contributed by atoms with Gasteiger partial charge >= 0.3 is 10.2 Å². The molecular weight excluding hydrogens is 492 g/mol. The van der Waals surface area contributed by atoms with Gasteiger partial charge in [0.05, 0.1) is 28.5 Å². The summed E-state index contributed by atoms with van der Waals surface area (Å²) in [6.07, 6.45) is 4.01. The Kier molecular flexibility index (Phi) is 8.38. The van der Waals surface area contributed by atoms with Crippen molar-refractivity contribution in [3.8, 4) is 0 Å². The van der Waals surface area contributed by atoms with Crippen LogP contribution in [0.4, 0.5) is 5.69 Å². The van der Waals surface area contributed by atoms with E-state index in [0.717, 1.165) is 60.7 Å². The van der Waals surface area contributed by atoms with Crippen LogP contribution in [0.2, 0.25) is 0 Å². The van der Waals surface area contributed by atoms with Crippen molar-refractivity contribution in [2.24, 2.45) is 16.0 Å². The molecule has 3 N–H and O–H groups in total. The van der Waals surface area contributed by atoms with Gasteiger partial charge in [0.25, 0.3) is 5.91 Å². The molecule has 0 saturated carbocycles. The summed E-state index contributed by atoms with van der Waals surface area (Å²) in [5.74, 6) is 0.949. The number of carbonyl (C=O) groups is 1. The van der Waals surface area contributed by atoms with E-state index in [1.165, 1.54) is 7.05 Å². The molecule has 1 saturated heterocycles. The molecule has 11 heteroatoms. The number of hydrogen-bond donors (Lipinski definition) is 2.